The van der Waals surface area contributed by atoms with E-state index in [-0.39, 0.29) is 61.8 Å². The summed E-state index contributed by atoms with van der Waals surface area (Å²) in [5.41, 5.74) is -3.31. The molecule has 4 rings (SSSR count). The lowest BCUT2D eigenvalue weighted by Crippen LogP contribution is -2.50. The molecule has 5 unspecified atom stereocenters. The molecule has 2 aliphatic carbocycles. The van der Waals surface area contributed by atoms with Crippen molar-refractivity contribution in [3.05, 3.63) is 0 Å². The van der Waals surface area contributed by atoms with Gasteiger partial charge in [0.25, 0.3) is 6.47 Å². The fourth-order valence-corrected chi connectivity index (χ4v) is 7.90. The van der Waals surface area contributed by atoms with E-state index in [0.717, 1.165) is 77.0 Å². The van der Waals surface area contributed by atoms with Crippen LogP contribution in [0, 0.1) is 16.2 Å². The van der Waals surface area contributed by atoms with Crippen LogP contribution in [0.5, 0.6) is 0 Å². The number of carbonyl (C=O) groups is 4. The summed E-state index contributed by atoms with van der Waals surface area (Å²) in [6.07, 6.45) is 10.1. The molecule has 2 heterocycles. The minimum absolute atomic E-state index is 0.131. The van der Waals surface area contributed by atoms with Crippen LogP contribution in [0.1, 0.15) is 129 Å². The van der Waals surface area contributed by atoms with E-state index in [1.807, 2.05) is 13.8 Å². The standard InChI is InChI=1S/C33H52O11/c1-29(2,24-15-32(40,17-26(36)37)18-27(38)43-24)20-30(11-12-30)9-5-3-7-23(35)8-4-6-10-31(13-14-31)25-16-33(41,21-42-22-34)19-28(39)44-25/h22-25,35,40-41H,3-21H2,1-2H3,(H,36,37). The molecule has 44 heavy (non-hydrogen) atoms. The Hall–Kier alpha value is -2.24. The zero-order valence-corrected chi connectivity index (χ0v) is 26.4. The van der Waals surface area contributed by atoms with Crippen LogP contribution in [0.2, 0.25) is 0 Å². The van der Waals surface area contributed by atoms with E-state index in [2.05, 4.69) is 0 Å². The quantitative estimate of drug-likeness (QED) is 0.0708. The van der Waals surface area contributed by atoms with Crippen molar-refractivity contribution in [1.29, 1.82) is 0 Å². The summed E-state index contributed by atoms with van der Waals surface area (Å²) in [4.78, 5) is 46.2. The highest BCUT2D eigenvalue weighted by Crippen LogP contribution is 2.59. The van der Waals surface area contributed by atoms with Gasteiger partial charge < -0.3 is 34.6 Å². The number of aliphatic carboxylic acids is 1. The third-order valence-corrected chi connectivity index (χ3v) is 10.7. The molecular formula is C33H52O11. The summed E-state index contributed by atoms with van der Waals surface area (Å²) in [7, 11) is 0. The highest BCUT2D eigenvalue weighted by Gasteiger charge is 2.56. The van der Waals surface area contributed by atoms with E-state index in [1.165, 1.54) is 0 Å². The van der Waals surface area contributed by atoms with Crippen LogP contribution < -0.4 is 0 Å². The fourth-order valence-electron chi connectivity index (χ4n) is 7.90. The van der Waals surface area contributed by atoms with Crippen molar-refractivity contribution in [2.45, 2.75) is 159 Å². The molecule has 2 saturated carbocycles. The number of unbranched alkanes of at least 4 members (excludes halogenated alkanes) is 2. The van der Waals surface area contributed by atoms with Gasteiger partial charge in [-0.1, -0.05) is 39.5 Å². The second-order valence-electron chi connectivity index (χ2n) is 15.3. The number of aliphatic hydroxyl groups is 3. The monoisotopic (exact) mass is 624 g/mol. The molecule has 4 aliphatic rings. The van der Waals surface area contributed by atoms with Gasteiger partial charge in [-0.15, -0.1) is 0 Å². The van der Waals surface area contributed by atoms with Crippen molar-refractivity contribution in [2.75, 3.05) is 6.61 Å². The minimum atomic E-state index is -1.57. The number of cyclic esters (lactones) is 2. The highest BCUT2D eigenvalue weighted by atomic mass is 16.6. The zero-order chi connectivity index (χ0) is 32.2. The SMILES string of the molecule is CC(C)(CC1(CCCCC(O)CCCCC2(C3CC(O)(COC=O)CC(=O)O3)CC2)CC1)C1CC(O)(CC(=O)O)CC(=O)O1. The Morgan fingerprint density at radius 3 is 2.16 bits per heavy atom. The van der Waals surface area contributed by atoms with Crippen LogP contribution in [-0.4, -0.2) is 80.9 Å². The molecule has 0 spiro atoms. The first-order valence-electron chi connectivity index (χ1n) is 16.4. The summed E-state index contributed by atoms with van der Waals surface area (Å²) < 4.78 is 16.0. The molecule has 11 heteroatoms. The Morgan fingerprint density at radius 2 is 1.57 bits per heavy atom. The minimum Gasteiger partial charge on any atom is -0.481 e. The molecule has 4 N–H and O–H groups in total. The maximum absolute atomic E-state index is 12.2. The van der Waals surface area contributed by atoms with Gasteiger partial charge in [0.05, 0.1) is 31.0 Å². The molecule has 4 fully saturated rings. The first-order chi connectivity index (χ1) is 20.6. The van der Waals surface area contributed by atoms with Crippen LogP contribution in [-0.2, 0) is 33.4 Å². The molecule has 5 atom stereocenters. The number of hydrogen-bond donors (Lipinski definition) is 4. The van der Waals surface area contributed by atoms with Gasteiger partial charge >= 0.3 is 17.9 Å². The van der Waals surface area contributed by atoms with Gasteiger partial charge in [0.1, 0.15) is 24.4 Å². The number of carbonyl (C=O) groups excluding carboxylic acids is 3. The Labute approximate surface area is 260 Å². The molecule has 0 radical (unpaired) electrons. The van der Waals surface area contributed by atoms with Gasteiger partial charge in [0.2, 0.25) is 0 Å². The Bertz CT molecular complexity index is 1040. The Balaban J connectivity index is 1.13. The van der Waals surface area contributed by atoms with Crippen molar-refractivity contribution < 1.29 is 53.8 Å². The van der Waals surface area contributed by atoms with Crippen LogP contribution >= 0.6 is 0 Å². The topological polar surface area (TPSA) is 177 Å². The summed E-state index contributed by atoms with van der Waals surface area (Å²) in [5, 5.41) is 41.3. The van der Waals surface area contributed by atoms with E-state index < -0.39 is 47.0 Å². The predicted molar refractivity (Wildman–Crippen MR) is 157 cm³/mol. The van der Waals surface area contributed by atoms with Crippen molar-refractivity contribution in [3.8, 4) is 0 Å². The summed E-state index contributed by atoms with van der Waals surface area (Å²) >= 11 is 0. The molecule has 0 aromatic rings. The zero-order valence-electron chi connectivity index (χ0n) is 26.4. The smallest absolute Gasteiger partial charge is 0.309 e. The molecule has 2 saturated heterocycles. The first kappa shape index (κ1) is 34.6. The summed E-state index contributed by atoms with van der Waals surface area (Å²) in [5.74, 6) is -2.14. The first-order valence-corrected chi connectivity index (χ1v) is 16.4. The van der Waals surface area contributed by atoms with Gasteiger partial charge in [-0.25, -0.2) is 0 Å². The number of rotatable bonds is 19. The van der Waals surface area contributed by atoms with Gasteiger partial charge in [0, 0.05) is 23.7 Å². The number of aliphatic hydroxyl groups excluding tert-OH is 1. The maximum atomic E-state index is 12.2. The van der Waals surface area contributed by atoms with Crippen molar-refractivity contribution in [2.24, 2.45) is 16.2 Å². The summed E-state index contributed by atoms with van der Waals surface area (Å²) in [6, 6.07) is 0. The van der Waals surface area contributed by atoms with Gasteiger partial charge in [-0.3, -0.25) is 19.2 Å². The average molecular weight is 625 g/mol. The van der Waals surface area contributed by atoms with Crippen LogP contribution in [0.4, 0.5) is 0 Å². The number of esters is 2. The lowest BCUT2D eigenvalue weighted by Gasteiger charge is -2.43. The largest absolute Gasteiger partial charge is 0.481 e. The lowest BCUT2D eigenvalue weighted by molar-refractivity contribution is -0.186. The summed E-state index contributed by atoms with van der Waals surface area (Å²) in [6.45, 7) is 4.14. The maximum Gasteiger partial charge on any atom is 0.309 e. The van der Waals surface area contributed by atoms with Gasteiger partial charge in [-0.2, -0.15) is 0 Å². The third-order valence-electron chi connectivity index (χ3n) is 10.7. The normalized spacial score (nSPS) is 31.4. The third kappa shape index (κ3) is 9.39. The molecule has 2 aliphatic heterocycles. The predicted octanol–water partition coefficient (Wildman–Crippen LogP) is 3.97. The highest BCUT2D eigenvalue weighted by molar-refractivity contribution is 5.75. The second-order valence-corrected chi connectivity index (χ2v) is 15.3. The van der Waals surface area contributed by atoms with E-state index in [4.69, 9.17) is 14.2 Å². The van der Waals surface area contributed by atoms with E-state index in [0.29, 0.717) is 6.42 Å². The molecular weight excluding hydrogens is 572 g/mol. The Morgan fingerprint density at radius 1 is 0.955 bits per heavy atom. The molecule has 0 aromatic carbocycles. The van der Waals surface area contributed by atoms with E-state index in [9.17, 15) is 39.6 Å². The molecule has 0 bridgehead atoms. The van der Waals surface area contributed by atoms with Crippen LogP contribution in [0.3, 0.4) is 0 Å². The molecule has 11 nitrogen and oxygen atoms in total. The van der Waals surface area contributed by atoms with Crippen molar-refractivity contribution >= 4 is 24.4 Å². The Kier molecular flexibility index (Phi) is 10.7. The van der Waals surface area contributed by atoms with E-state index >= 15 is 0 Å². The van der Waals surface area contributed by atoms with Crippen molar-refractivity contribution in [3.63, 3.8) is 0 Å². The molecule has 0 amide bonds. The van der Waals surface area contributed by atoms with Crippen LogP contribution in [0.25, 0.3) is 0 Å². The number of carboxylic acid groups (broad SMARTS) is 1. The number of ether oxygens (including phenoxy) is 3. The molecule has 250 valence electrons. The number of hydrogen-bond acceptors (Lipinski definition) is 10. The van der Waals surface area contributed by atoms with Gasteiger partial charge in [0.15, 0.2) is 0 Å². The van der Waals surface area contributed by atoms with Crippen LogP contribution in [0.15, 0.2) is 0 Å². The number of carboxylic acids is 1. The fraction of sp³-hybridized carbons (Fsp3) is 0.879. The van der Waals surface area contributed by atoms with Gasteiger partial charge in [-0.05, 0) is 63.2 Å². The molecule has 0 aromatic heterocycles. The average Bonchev–Trinajstić information content (AvgIpc) is 3.84. The lowest BCUT2D eigenvalue weighted by atomic mass is 9.70. The second kappa shape index (κ2) is 13.6. The van der Waals surface area contributed by atoms with Crippen molar-refractivity contribution in [1.82, 2.24) is 0 Å². The van der Waals surface area contributed by atoms with E-state index in [1.54, 1.807) is 0 Å².